The first kappa shape index (κ1) is 14.1. The van der Waals surface area contributed by atoms with Crippen LogP contribution in [0, 0.1) is 0 Å². The molecule has 20 heavy (non-hydrogen) atoms. The number of nitrogens with one attached hydrogen (secondary N) is 1. The quantitative estimate of drug-likeness (QED) is 0.885. The summed E-state index contributed by atoms with van der Waals surface area (Å²) in [6.45, 7) is 8.17. The maximum atomic E-state index is 3.98. The molecule has 0 radical (unpaired) electrons. The van der Waals surface area contributed by atoms with E-state index in [1.807, 2.05) is 0 Å². The van der Waals surface area contributed by atoms with Crippen LogP contribution in [0.1, 0.15) is 51.5 Å². The smallest absolute Gasteiger partial charge is 0.0314 e. The lowest BCUT2D eigenvalue weighted by atomic mass is 9.77. The Morgan fingerprint density at radius 3 is 2.40 bits per heavy atom. The van der Waals surface area contributed by atoms with Crippen LogP contribution in [0.2, 0.25) is 0 Å². The minimum absolute atomic E-state index is 0.227. The number of piperazine rings is 1. The first-order chi connectivity index (χ1) is 9.57. The van der Waals surface area contributed by atoms with Gasteiger partial charge in [0.05, 0.1) is 0 Å². The molecule has 2 aliphatic rings. The van der Waals surface area contributed by atoms with Gasteiger partial charge < -0.3 is 5.32 Å². The Bertz CT molecular complexity index is 432. The summed E-state index contributed by atoms with van der Waals surface area (Å²) in [6.07, 6.45) is 6.90. The molecule has 1 aromatic rings. The highest BCUT2D eigenvalue weighted by molar-refractivity contribution is 5.15. The molecule has 0 aromatic heterocycles. The van der Waals surface area contributed by atoms with Crippen molar-refractivity contribution in [2.24, 2.45) is 0 Å². The van der Waals surface area contributed by atoms with Crippen LogP contribution in [0.25, 0.3) is 0 Å². The summed E-state index contributed by atoms with van der Waals surface area (Å²) in [6, 6.07) is 10.9. The average Bonchev–Trinajstić information content (AvgIpc) is 2.38. The van der Waals surface area contributed by atoms with Gasteiger partial charge in [0.25, 0.3) is 0 Å². The number of hydrogen-bond donors (Lipinski definition) is 1. The standard InChI is InChI=1S/C18H28N2/c1-17(2)14-20(13-16-9-5-3-6-10-16)15-18(19-17)11-7-4-8-12-18/h3,5-6,9-10,19H,4,7-8,11-15H2,1-2H3. The Morgan fingerprint density at radius 1 is 1.00 bits per heavy atom. The van der Waals surface area contributed by atoms with Gasteiger partial charge in [-0.1, -0.05) is 49.6 Å². The molecule has 1 aliphatic carbocycles. The van der Waals surface area contributed by atoms with Crippen LogP contribution in [-0.2, 0) is 6.54 Å². The third-order valence-corrected chi connectivity index (χ3v) is 4.81. The first-order valence-electron chi connectivity index (χ1n) is 8.13. The summed E-state index contributed by atoms with van der Waals surface area (Å²) in [5.41, 5.74) is 2.04. The summed E-state index contributed by atoms with van der Waals surface area (Å²) in [7, 11) is 0. The molecule has 2 nitrogen and oxygen atoms in total. The molecular formula is C18H28N2. The van der Waals surface area contributed by atoms with Gasteiger partial charge >= 0.3 is 0 Å². The van der Waals surface area contributed by atoms with Crippen molar-refractivity contribution in [1.29, 1.82) is 0 Å². The third kappa shape index (κ3) is 3.24. The van der Waals surface area contributed by atoms with E-state index in [1.54, 1.807) is 0 Å². The van der Waals surface area contributed by atoms with Crippen LogP contribution < -0.4 is 5.32 Å². The molecule has 0 atom stereocenters. The summed E-state index contributed by atoms with van der Waals surface area (Å²) >= 11 is 0. The molecule has 1 spiro atoms. The van der Waals surface area contributed by atoms with Crippen molar-refractivity contribution in [3.8, 4) is 0 Å². The van der Waals surface area contributed by atoms with Gasteiger partial charge in [0.2, 0.25) is 0 Å². The maximum Gasteiger partial charge on any atom is 0.0314 e. The number of hydrogen-bond acceptors (Lipinski definition) is 2. The molecule has 3 rings (SSSR count). The van der Waals surface area contributed by atoms with Gasteiger partial charge in [-0.2, -0.15) is 0 Å². The highest BCUT2D eigenvalue weighted by Crippen LogP contribution is 2.34. The molecule has 0 bridgehead atoms. The summed E-state index contributed by atoms with van der Waals surface area (Å²) in [5, 5.41) is 3.98. The Kier molecular flexibility index (Phi) is 3.87. The van der Waals surface area contributed by atoms with Crippen LogP contribution >= 0.6 is 0 Å². The molecule has 1 aromatic carbocycles. The lowest BCUT2D eigenvalue weighted by molar-refractivity contribution is 0.0327. The van der Waals surface area contributed by atoms with Crippen molar-refractivity contribution >= 4 is 0 Å². The van der Waals surface area contributed by atoms with Crippen LogP contribution in [0.3, 0.4) is 0 Å². The second-order valence-electron chi connectivity index (χ2n) is 7.48. The van der Waals surface area contributed by atoms with Crippen molar-refractivity contribution in [3.05, 3.63) is 35.9 Å². The van der Waals surface area contributed by atoms with E-state index in [9.17, 15) is 0 Å². The van der Waals surface area contributed by atoms with Gasteiger partial charge in [-0.25, -0.2) is 0 Å². The highest BCUT2D eigenvalue weighted by Gasteiger charge is 2.42. The number of rotatable bonds is 2. The summed E-state index contributed by atoms with van der Waals surface area (Å²) in [5.74, 6) is 0. The van der Waals surface area contributed by atoms with E-state index < -0.39 is 0 Å². The molecule has 2 heteroatoms. The molecular weight excluding hydrogens is 244 g/mol. The van der Waals surface area contributed by atoms with Crippen molar-refractivity contribution < 1.29 is 0 Å². The topological polar surface area (TPSA) is 15.3 Å². The van der Waals surface area contributed by atoms with Crippen LogP contribution in [0.4, 0.5) is 0 Å². The van der Waals surface area contributed by atoms with E-state index in [0.29, 0.717) is 5.54 Å². The van der Waals surface area contributed by atoms with E-state index in [1.165, 1.54) is 44.2 Å². The zero-order valence-electron chi connectivity index (χ0n) is 13.0. The largest absolute Gasteiger partial charge is 0.304 e. The van der Waals surface area contributed by atoms with E-state index >= 15 is 0 Å². The van der Waals surface area contributed by atoms with Crippen molar-refractivity contribution in [3.63, 3.8) is 0 Å². The second kappa shape index (κ2) is 5.50. The predicted molar refractivity (Wildman–Crippen MR) is 84.7 cm³/mol. The van der Waals surface area contributed by atoms with Crippen LogP contribution in [0.15, 0.2) is 30.3 Å². The molecule has 1 saturated heterocycles. The molecule has 0 amide bonds. The zero-order chi connectivity index (χ0) is 14.1. The highest BCUT2D eigenvalue weighted by atomic mass is 15.3. The lowest BCUT2D eigenvalue weighted by Crippen LogP contribution is -2.69. The molecule has 1 heterocycles. The molecule has 1 aliphatic heterocycles. The SMILES string of the molecule is CC1(C)CN(Cc2ccccc2)CC2(CCCCC2)N1. The molecule has 1 saturated carbocycles. The van der Waals surface area contributed by atoms with E-state index in [-0.39, 0.29) is 5.54 Å². The average molecular weight is 272 g/mol. The van der Waals surface area contributed by atoms with Gasteiger partial charge in [0, 0.05) is 30.7 Å². The Balaban J connectivity index is 1.74. The van der Waals surface area contributed by atoms with Crippen molar-refractivity contribution in [1.82, 2.24) is 10.2 Å². The van der Waals surface area contributed by atoms with Crippen molar-refractivity contribution in [2.45, 2.75) is 63.6 Å². The van der Waals surface area contributed by atoms with Gasteiger partial charge in [-0.05, 0) is 32.3 Å². The fraction of sp³-hybridized carbons (Fsp3) is 0.667. The summed E-state index contributed by atoms with van der Waals surface area (Å²) < 4.78 is 0. The van der Waals surface area contributed by atoms with Gasteiger partial charge in [-0.15, -0.1) is 0 Å². The number of nitrogens with zero attached hydrogens (tertiary/aromatic N) is 1. The maximum absolute atomic E-state index is 3.98. The lowest BCUT2D eigenvalue weighted by Gasteiger charge is -2.53. The predicted octanol–water partition coefficient (Wildman–Crippen LogP) is 3.57. The van der Waals surface area contributed by atoms with E-state index in [0.717, 1.165) is 13.1 Å². The molecule has 110 valence electrons. The Hall–Kier alpha value is -0.860. The Labute approximate surface area is 123 Å². The minimum Gasteiger partial charge on any atom is -0.304 e. The van der Waals surface area contributed by atoms with Crippen molar-refractivity contribution in [2.75, 3.05) is 13.1 Å². The molecule has 0 unspecified atom stereocenters. The van der Waals surface area contributed by atoms with Gasteiger partial charge in [0.1, 0.15) is 0 Å². The van der Waals surface area contributed by atoms with Gasteiger partial charge in [0.15, 0.2) is 0 Å². The second-order valence-corrected chi connectivity index (χ2v) is 7.48. The normalized spacial score (nSPS) is 25.7. The van der Waals surface area contributed by atoms with E-state index in [2.05, 4.69) is 54.4 Å². The summed E-state index contributed by atoms with van der Waals surface area (Å²) in [4.78, 5) is 2.66. The van der Waals surface area contributed by atoms with Gasteiger partial charge in [-0.3, -0.25) is 4.90 Å². The van der Waals surface area contributed by atoms with Crippen LogP contribution in [0.5, 0.6) is 0 Å². The Morgan fingerprint density at radius 2 is 1.70 bits per heavy atom. The van der Waals surface area contributed by atoms with Crippen LogP contribution in [-0.4, -0.2) is 29.1 Å². The fourth-order valence-electron chi connectivity index (χ4n) is 4.30. The van der Waals surface area contributed by atoms with E-state index in [4.69, 9.17) is 0 Å². The fourth-order valence-corrected chi connectivity index (χ4v) is 4.30. The molecule has 1 N–H and O–H groups in total. The first-order valence-corrected chi connectivity index (χ1v) is 8.13. The number of benzene rings is 1. The monoisotopic (exact) mass is 272 g/mol. The molecule has 2 fully saturated rings. The third-order valence-electron chi connectivity index (χ3n) is 4.81. The zero-order valence-corrected chi connectivity index (χ0v) is 13.0. The minimum atomic E-state index is 0.227.